The molecule has 0 atom stereocenters. The lowest BCUT2D eigenvalue weighted by Gasteiger charge is -2.30. The van der Waals surface area contributed by atoms with Crippen molar-refractivity contribution in [2.75, 3.05) is 4.90 Å². The van der Waals surface area contributed by atoms with E-state index in [9.17, 15) is 0 Å². The first kappa shape index (κ1) is 34.8. The van der Waals surface area contributed by atoms with Crippen LogP contribution in [0.4, 0.5) is 17.1 Å². The maximum absolute atomic E-state index is 7.21. The molecule has 3 aliphatic rings. The van der Waals surface area contributed by atoms with Crippen LogP contribution < -0.4 is 9.64 Å². The fourth-order valence-electron chi connectivity index (χ4n) is 10.5. The molecule has 0 unspecified atom stereocenters. The van der Waals surface area contributed by atoms with Crippen molar-refractivity contribution < 1.29 is 4.74 Å². The molecule has 0 aromatic heterocycles. The number of anilines is 3. The number of hydrogen-bond acceptors (Lipinski definition) is 2. The molecule has 2 nitrogen and oxygen atoms in total. The molecule has 0 spiro atoms. The Labute approximate surface area is 352 Å². The lowest BCUT2D eigenvalue weighted by Crippen LogP contribution is -2.18. The zero-order valence-electron chi connectivity index (χ0n) is 34.3. The maximum atomic E-state index is 7.21. The maximum Gasteiger partial charge on any atom is 0.137 e. The lowest BCUT2D eigenvalue weighted by molar-refractivity contribution is 0.488. The fourth-order valence-corrected chi connectivity index (χ4v) is 10.5. The molecule has 0 N–H and O–H groups in total. The van der Waals surface area contributed by atoms with Gasteiger partial charge in [0.1, 0.15) is 11.5 Å². The first-order chi connectivity index (χ1) is 29.2. The molecule has 0 amide bonds. The van der Waals surface area contributed by atoms with Crippen molar-refractivity contribution in [2.45, 2.75) is 38.5 Å². The van der Waals surface area contributed by atoms with Gasteiger partial charge < -0.3 is 9.64 Å². The van der Waals surface area contributed by atoms with Gasteiger partial charge in [-0.1, -0.05) is 149 Å². The van der Waals surface area contributed by atoms with Gasteiger partial charge in [-0.15, -0.1) is 0 Å². The van der Waals surface area contributed by atoms with Crippen LogP contribution in [-0.2, 0) is 10.8 Å². The van der Waals surface area contributed by atoms with Gasteiger partial charge in [-0.2, -0.15) is 0 Å². The number of ether oxygens (including phenoxy) is 1. The van der Waals surface area contributed by atoms with Crippen LogP contribution in [0.15, 0.2) is 188 Å². The van der Waals surface area contributed by atoms with Crippen LogP contribution in [0.5, 0.6) is 11.5 Å². The minimum Gasteiger partial charge on any atom is -0.456 e. The number of hydrogen-bond donors (Lipinski definition) is 0. The van der Waals surface area contributed by atoms with Gasteiger partial charge in [0.2, 0.25) is 0 Å². The third kappa shape index (κ3) is 5.07. The standard InChI is InChI=1S/C58H43NO/c1-57(2)51-20-12-10-18-43(51)45-27-23-40(33-53(45)57)59(41-24-28-46-44-19-11-13-21-52(44)58(3,4)54(46)34-41)42-25-29-48-50-31-38-17-9-8-16-37(38)30-49(50)47-26-22-39(36-14-6-5-7-15-36)32-55(47)60-56(48)35-42/h5-35H,1-4H3. The quantitative estimate of drug-likeness (QED) is 0.177. The summed E-state index contributed by atoms with van der Waals surface area (Å²) in [6.07, 6.45) is 0. The second-order valence-electron chi connectivity index (χ2n) is 17.7. The van der Waals surface area contributed by atoms with E-state index in [1.54, 1.807) is 0 Å². The SMILES string of the molecule is CC1(C)c2ccccc2-c2ccc(N(c3ccc4c(c3)Oc3cc(-c5ccccc5)ccc3-c3cc5ccccc5cc3-4)c3ccc4c(c3)C(C)(C)c3ccccc3-4)cc21. The molecule has 0 saturated carbocycles. The highest BCUT2D eigenvalue weighted by Crippen LogP contribution is 2.55. The molecule has 0 radical (unpaired) electrons. The van der Waals surface area contributed by atoms with E-state index in [1.807, 2.05) is 0 Å². The van der Waals surface area contributed by atoms with E-state index < -0.39 is 0 Å². The van der Waals surface area contributed by atoms with Crippen LogP contribution in [0, 0.1) is 0 Å². The van der Waals surface area contributed by atoms with Crippen molar-refractivity contribution in [2.24, 2.45) is 0 Å². The average Bonchev–Trinajstić information content (AvgIpc) is 3.59. The van der Waals surface area contributed by atoms with Crippen LogP contribution in [0.2, 0.25) is 0 Å². The minimum absolute atomic E-state index is 0.140. The van der Waals surface area contributed by atoms with E-state index in [4.69, 9.17) is 4.74 Å². The van der Waals surface area contributed by atoms with Gasteiger partial charge in [0.05, 0.1) is 0 Å². The van der Waals surface area contributed by atoms with Crippen LogP contribution in [-0.4, -0.2) is 0 Å². The second kappa shape index (κ2) is 12.7. The topological polar surface area (TPSA) is 12.5 Å². The summed E-state index contributed by atoms with van der Waals surface area (Å²) in [5.41, 5.74) is 20.5. The number of rotatable bonds is 4. The van der Waals surface area contributed by atoms with Crippen LogP contribution >= 0.6 is 0 Å². The summed E-state index contributed by atoms with van der Waals surface area (Å²) < 4.78 is 7.21. The van der Waals surface area contributed by atoms with E-state index in [1.165, 1.54) is 66.4 Å². The van der Waals surface area contributed by atoms with Gasteiger partial charge in [0.25, 0.3) is 0 Å². The van der Waals surface area contributed by atoms with Gasteiger partial charge in [-0.25, -0.2) is 0 Å². The molecule has 1 aliphatic heterocycles. The highest BCUT2D eigenvalue weighted by Gasteiger charge is 2.38. The second-order valence-corrected chi connectivity index (χ2v) is 17.7. The van der Waals surface area contributed by atoms with E-state index in [0.717, 1.165) is 50.8 Å². The smallest absolute Gasteiger partial charge is 0.137 e. The van der Waals surface area contributed by atoms with Gasteiger partial charge in [0, 0.05) is 45.1 Å². The fraction of sp³-hybridized carbons (Fsp3) is 0.103. The van der Waals surface area contributed by atoms with Gasteiger partial charge >= 0.3 is 0 Å². The molecule has 0 fully saturated rings. The Kier molecular flexibility index (Phi) is 7.36. The molecule has 12 rings (SSSR count). The Morgan fingerprint density at radius 3 is 1.32 bits per heavy atom. The van der Waals surface area contributed by atoms with E-state index in [-0.39, 0.29) is 10.8 Å². The molecule has 9 aromatic rings. The zero-order valence-corrected chi connectivity index (χ0v) is 34.3. The summed E-state index contributed by atoms with van der Waals surface area (Å²) >= 11 is 0. The minimum atomic E-state index is -0.140. The molecular formula is C58H43NO. The van der Waals surface area contributed by atoms with Crippen LogP contribution in [0.25, 0.3) is 66.4 Å². The molecule has 0 bridgehead atoms. The van der Waals surface area contributed by atoms with Gasteiger partial charge in [0.15, 0.2) is 0 Å². The van der Waals surface area contributed by atoms with Crippen molar-refractivity contribution >= 4 is 27.8 Å². The van der Waals surface area contributed by atoms with Crippen molar-refractivity contribution in [3.8, 4) is 67.1 Å². The molecule has 60 heavy (non-hydrogen) atoms. The summed E-state index contributed by atoms with van der Waals surface area (Å²) in [5.74, 6) is 1.69. The summed E-state index contributed by atoms with van der Waals surface area (Å²) in [6, 6.07) is 69.3. The van der Waals surface area contributed by atoms with Crippen molar-refractivity contribution in [1.29, 1.82) is 0 Å². The normalized spacial score (nSPS) is 14.4. The highest BCUT2D eigenvalue weighted by molar-refractivity contribution is 6.01. The molecular weight excluding hydrogens is 727 g/mol. The molecule has 0 saturated heterocycles. The van der Waals surface area contributed by atoms with E-state index in [0.29, 0.717) is 0 Å². The average molecular weight is 770 g/mol. The van der Waals surface area contributed by atoms with Crippen LogP contribution in [0.1, 0.15) is 49.9 Å². The first-order valence-corrected chi connectivity index (χ1v) is 21.1. The summed E-state index contributed by atoms with van der Waals surface area (Å²) in [4.78, 5) is 2.44. The predicted molar refractivity (Wildman–Crippen MR) is 250 cm³/mol. The molecule has 286 valence electrons. The Bertz CT molecular complexity index is 3140. The zero-order chi connectivity index (χ0) is 40.3. The third-order valence-corrected chi connectivity index (χ3v) is 13.6. The van der Waals surface area contributed by atoms with Gasteiger partial charge in [-0.05, 0) is 138 Å². The van der Waals surface area contributed by atoms with Crippen LogP contribution in [0.3, 0.4) is 0 Å². The lowest BCUT2D eigenvalue weighted by atomic mass is 9.82. The highest BCUT2D eigenvalue weighted by atomic mass is 16.5. The largest absolute Gasteiger partial charge is 0.456 e. The number of fused-ring (bicyclic) bond motifs is 12. The number of nitrogens with zero attached hydrogens (tertiary/aromatic N) is 1. The number of benzene rings is 9. The van der Waals surface area contributed by atoms with Crippen molar-refractivity contribution in [3.05, 3.63) is 210 Å². The van der Waals surface area contributed by atoms with Crippen molar-refractivity contribution in [1.82, 2.24) is 0 Å². The molecule has 2 aliphatic carbocycles. The Balaban J connectivity index is 1.08. The first-order valence-electron chi connectivity index (χ1n) is 21.1. The predicted octanol–water partition coefficient (Wildman–Crippen LogP) is 16.0. The Morgan fingerprint density at radius 1 is 0.317 bits per heavy atom. The van der Waals surface area contributed by atoms with Crippen molar-refractivity contribution in [3.63, 3.8) is 0 Å². The molecule has 9 aromatic carbocycles. The summed E-state index contributed by atoms with van der Waals surface area (Å²) in [6.45, 7) is 9.44. The van der Waals surface area contributed by atoms with E-state index >= 15 is 0 Å². The summed E-state index contributed by atoms with van der Waals surface area (Å²) in [5, 5.41) is 2.42. The monoisotopic (exact) mass is 769 g/mol. The summed E-state index contributed by atoms with van der Waals surface area (Å²) in [7, 11) is 0. The Morgan fingerprint density at radius 2 is 0.750 bits per heavy atom. The molecule has 1 heterocycles. The molecule has 2 heteroatoms. The van der Waals surface area contributed by atoms with Gasteiger partial charge in [-0.3, -0.25) is 0 Å². The van der Waals surface area contributed by atoms with E-state index in [2.05, 4.69) is 221 Å². The third-order valence-electron chi connectivity index (χ3n) is 13.6. The Hall–Kier alpha value is -7.16.